The van der Waals surface area contributed by atoms with Gasteiger partial charge in [-0.3, -0.25) is 0 Å². The van der Waals surface area contributed by atoms with Gasteiger partial charge in [0.1, 0.15) is 6.33 Å². The quantitative estimate of drug-likeness (QED) is 0.680. The van der Waals surface area contributed by atoms with Gasteiger partial charge in [0.2, 0.25) is 0 Å². The number of hydrogen-bond donors (Lipinski definition) is 0. The van der Waals surface area contributed by atoms with Crippen LogP contribution in [-0.4, -0.2) is 9.97 Å². The average Bonchev–Trinajstić information content (AvgIpc) is 2.82. The van der Waals surface area contributed by atoms with Crippen molar-refractivity contribution in [1.82, 2.24) is 9.97 Å². The summed E-state index contributed by atoms with van der Waals surface area (Å²) in [6.45, 7) is 4.95. The molecule has 2 heteroatoms. The summed E-state index contributed by atoms with van der Waals surface area (Å²) in [7, 11) is 0. The summed E-state index contributed by atoms with van der Waals surface area (Å²) >= 11 is 0. The number of fused-ring (bicyclic) bond motifs is 3. The maximum absolute atomic E-state index is 4.66. The zero-order chi connectivity index (χ0) is 11.7. The molecular formula is C15H20N2. The molecular weight excluding hydrogens is 208 g/mol. The van der Waals surface area contributed by atoms with Crippen LogP contribution in [0.15, 0.2) is 12.5 Å². The van der Waals surface area contributed by atoms with Crippen LogP contribution in [-0.2, 0) is 6.42 Å². The molecule has 0 saturated heterocycles. The molecule has 1 aromatic rings. The molecule has 3 aliphatic carbocycles. The molecule has 0 aliphatic heterocycles. The van der Waals surface area contributed by atoms with Gasteiger partial charge in [0.15, 0.2) is 0 Å². The summed E-state index contributed by atoms with van der Waals surface area (Å²) in [5.74, 6) is 1.62. The highest BCUT2D eigenvalue weighted by molar-refractivity contribution is 5.33. The lowest BCUT2D eigenvalue weighted by Crippen LogP contribution is -2.38. The predicted octanol–water partition coefficient (Wildman–Crippen LogP) is 3.33. The van der Waals surface area contributed by atoms with Crippen molar-refractivity contribution < 1.29 is 0 Å². The summed E-state index contributed by atoms with van der Waals surface area (Å²) in [5.41, 5.74) is 3.85. The van der Waals surface area contributed by atoms with E-state index in [2.05, 4.69) is 30.0 Å². The van der Waals surface area contributed by atoms with Crippen LogP contribution in [0, 0.1) is 16.7 Å². The molecule has 90 valence electrons. The summed E-state index contributed by atoms with van der Waals surface area (Å²) in [5, 5.41) is 0. The second kappa shape index (κ2) is 2.90. The standard InChI is InChI=1S/C15H20N2/c1-14(2)11-4-6-15(7-11)5-3-10-8-16-9-17-12(10)13(14)15/h8-9,11,13H,3-7H2,1-2H3. The molecule has 0 radical (unpaired) electrons. The van der Waals surface area contributed by atoms with Crippen molar-refractivity contribution in [3.8, 4) is 0 Å². The van der Waals surface area contributed by atoms with Gasteiger partial charge in [-0.15, -0.1) is 0 Å². The highest BCUT2D eigenvalue weighted by Crippen LogP contribution is 2.72. The van der Waals surface area contributed by atoms with E-state index in [0.717, 1.165) is 5.92 Å². The van der Waals surface area contributed by atoms with E-state index < -0.39 is 0 Å². The van der Waals surface area contributed by atoms with Gasteiger partial charge < -0.3 is 0 Å². The summed E-state index contributed by atoms with van der Waals surface area (Å²) in [6.07, 6.45) is 10.7. The van der Waals surface area contributed by atoms with Gasteiger partial charge in [0, 0.05) is 12.1 Å². The molecule has 1 spiro atoms. The van der Waals surface area contributed by atoms with Crippen molar-refractivity contribution in [2.45, 2.75) is 51.9 Å². The van der Waals surface area contributed by atoms with E-state index in [0.29, 0.717) is 16.7 Å². The minimum absolute atomic E-state index is 0.446. The number of aromatic nitrogens is 2. The minimum atomic E-state index is 0.446. The molecule has 0 N–H and O–H groups in total. The van der Waals surface area contributed by atoms with Gasteiger partial charge in [-0.2, -0.15) is 0 Å². The van der Waals surface area contributed by atoms with Gasteiger partial charge in [-0.25, -0.2) is 9.97 Å². The van der Waals surface area contributed by atoms with E-state index in [-0.39, 0.29) is 0 Å². The van der Waals surface area contributed by atoms with Crippen molar-refractivity contribution in [3.05, 3.63) is 23.8 Å². The van der Waals surface area contributed by atoms with Crippen molar-refractivity contribution in [1.29, 1.82) is 0 Å². The first kappa shape index (κ1) is 10.0. The van der Waals surface area contributed by atoms with E-state index in [1.807, 2.05) is 0 Å². The molecule has 3 atom stereocenters. The Bertz CT molecular complexity index is 480. The van der Waals surface area contributed by atoms with Crippen LogP contribution < -0.4 is 0 Å². The van der Waals surface area contributed by atoms with E-state index >= 15 is 0 Å². The van der Waals surface area contributed by atoms with Crippen LogP contribution in [0.25, 0.3) is 0 Å². The van der Waals surface area contributed by atoms with E-state index in [4.69, 9.17) is 0 Å². The fraction of sp³-hybridized carbons (Fsp3) is 0.733. The molecule has 0 amide bonds. The van der Waals surface area contributed by atoms with Gasteiger partial charge in [0.05, 0.1) is 5.69 Å². The summed E-state index contributed by atoms with van der Waals surface area (Å²) in [6, 6.07) is 0. The van der Waals surface area contributed by atoms with Gasteiger partial charge in [-0.1, -0.05) is 13.8 Å². The second-order valence-corrected chi connectivity index (χ2v) is 6.99. The van der Waals surface area contributed by atoms with E-state index in [9.17, 15) is 0 Å². The third-order valence-electron chi connectivity index (χ3n) is 6.04. The van der Waals surface area contributed by atoms with Crippen LogP contribution in [0.1, 0.15) is 56.7 Å². The molecule has 3 aliphatic rings. The fourth-order valence-corrected chi connectivity index (χ4v) is 5.30. The Morgan fingerprint density at radius 1 is 1.29 bits per heavy atom. The zero-order valence-corrected chi connectivity index (χ0v) is 10.7. The minimum Gasteiger partial charge on any atom is -0.245 e. The number of aryl methyl sites for hydroxylation is 1. The average molecular weight is 228 g/mol. The molecule has 2 bridgehead atoms. The van der Waals surface area contributed by atoms with Gasteiger partial charge >= 0.3 is 0 Å². The largest absolute Gasteiger partial charge is 0.245 e. The Morgan fingerprint density at radius 2 is 2.18 bits per heavy atom. The van der Waals surface area contributed by atoms with Crippen LogP contribution in [0.5, 0.6) is 0 Å². The normalized spacial score (nSPS) is 41.1. The van der Waals surface area contributed by atoms with E-state index in [1.165, 1.54) is 43.4 Å². The Hall–Kier alpha value is -0.920. The zero-order valence-electron chi connectivity index (χ0n) is 10.7. The van der Waals surface area contributed by atoms with Crippen LogP contribution in [0.2, 0.25) is 0 Å². The number of hydrogen-bond acceptors (Lipinski definition) is 2. The maximum Gasteiger partial charge on any atom is 0.115 e. The highest BCUT2D eigenvalue weighted by Gasteiger charge is 2.63. The molecule has 2 saturated carbocycles. The predicted molar refractivity (Wildman–Crippen MR) is 66.6 cm³/mol. The first-order valence-electron chi connectivity index (χ1n) is 6.92. The lowest BCUT2D eigenvalue weighted by Gasteiger charge is -2.47. The van der Waals surface area contributed by atoms with Gasteiger partial charge in [0.25, 0.3) is 0 Å². The fourth-order valence-electron chi connectivity index (χ4n) is 5.30. The summed E-state index contributed by atoms with van der Waals surface area (Å²) in [4.78, 5) is 8.87. The second-order valence-electron chi connectivity index (χ2n) is 6.99. The van der Waals surface area contributed by atoms with Crippen LogP contribution in [0.3, 0.4) is 0 Å². The number of nitrogens with zero attached hydrogens (tertiary/aromatic N) is 2. The molecule has 3 unspecified atom stereocenters. The number of rotatable bonds is 0. The Kier molecular flexibility index (Phi) is 1.72. The summed E-state index contributed by atoms with van der Waals surface area (Å²) < 4.78 is 0. The van der Waals surface area contributed by atoms with E-state index in [1.54, 1.807) is 6.33 Å². The molecule has 2 nitrogen and oxygen atoms in total. The first-order valence-corrected chi connectivity index (χ1v) is 6.92. The molecule has 2 fully saturated rings. The first-order chi connectivity index (χ1) is 8.13. The molecule has 4 rings (SSSR count). The SMILES string of the molecule is CC1(C)C2CCC3(CCc4cncnc4C31)C2. The smallest absolute Gasteiger partial charge is 0.115 e. The molecule has 17 heavy (non-hydrogen) atoms. The third kappa shape index (κ3) is 1.07. The lowest BCUT2D eigenvalue weighted by atomic mass is 9.58. The van der Waals surface area contributed by atoms with Gasteiger partial charge in [-0.05, 0) is 54.4 Å². The molecule has 1 aromatic heterocycles. The topological polar surface area (TPSA) is 25.8 Å². The lowest BCUT2D eigenvalue weighted by molar-refractivity contribution is 0.105. The van der Waals surface area contributed by atoms with Crippen molar-refractivity contribution in [2.24, 2.45) is 16.7 Å². The Morgan fingerprint density at radius 3 is 3.06 bits per heavy atom. The van der Waals surface area contributed by atoms with Crippen LogP contribution >= 0.6 is 0 Å². The van der Waals surface area contributed by atoms with Crippen LogP contribution in [0.4, 0.5) is 0 Å². The van der Waals surface area contributed by atoms with Crippen molar-refractivity contribution >= 4 is 0 Å². The Balaban J connectivity index is 1.92. The molecule has 0 aromatic carbocycles. The third-order valence-corrected chi connectivity index (χ3v) is 6.04. The maximum atomic E-state index is 4.66. The monoisotopic (exact) mass is 228 g/mol. The van der Waals surface area contributed by atoms with Crippen molar-refractivity contribution in [3.63, 3.8) is 0 Å². The Labute approximate surface area is 103 Å². The molecule has 1 heterocycles. The highest BCUT2D eigenvalue weighted by atomic mass is 14.9. The van der Waals surface area contributed by atoms with Crippen molar-refractivity contribution in [2.75, 3.05) is 0 Å².